The van der Waals surface area contributed by atoms with Crippen LogP contribution < -0.4 is 10.6 Å². The number of carbonyl (C=O) groups excluding carboxylic acids is 1. The summed E-state index contributed by atoms with van der Waals surface area (Å²) in [6.07, 6.45) is 3.24. The number of amides is 2. The van der Waals surface area contributed by atoms with E-state index in [9.17, 15) is 14.4 Å². The number of carbonyl (C=O) groups is 3. The zero-order valence-electron chi connectivity index (χ0n) is 11.1. The molecule has 1 rings (SSSR count). The maximum atomic E-state index is 11.5. The smallest absolute Gasteiger partial charge is 0.326 e. The van der Waals surface area contributed by atoms with E-state index < -0.39 is 30.4 Å². The van der Waals surface area contributed by atoms with E-state index in [1.165, 1.54) is 0 Å². The van der Waals surface area contributed by atoms with E-state index in [-0.39, 0.29) is 6.10 Å². The lowest BCUT2D eigenvalue weighted by molar-refractivity contribution is -0.145. The predicted molar refractivity (Wildman–Crippen MR) is 68.4 cm³/mol. The van der Waals surface area contributed by atoms with Crippen molar-refractivity contribution in [2.24, 2.45) is 0 Å². The standard InChI is InChI=1S/C12H20N2O6/c15-10(16)7-9(11(17)18)14-12(19)13-5-4-8-3-1-2-6-20-8/h8-9H,1-7H2,(H,15,16)(H,17,18)(H2,13,14,19)/t8?,9-/m0/s1. The Morgan fingerprint density at radius 2 is 2.00 bits per heavy atom. The van der Waals surface area contributed by atoms with Crippen LogP contribution >= 0.6 is 0 Å². The van der Waals surface area contributed by atoms with Crippen molar-refractivity contribution >= 4 is 18.0 Å². The van der Waals surface area contributed by atoms with Gasteiger partial charge in [-0.1, -0.05) is 0 Å². The van der Waals surface area contributed by atoms with Gasteiger partial charge in [0.2, 0.25) is 0 Å². The molecule has 0 aromatic rings. The number of carboxylic acids is 2. The number of hydrogen-bond acceptors (Lipinski definition) is 4. The van der Waals surface area contributed by atoms with Gasteiger partial charge in [-0.3, -0.25) is 4.79 Å². The molecule has 1 heterocycles. The summed E-state index contributed by atoms with van der Waals surface area (Å²) in [6, 6.07) is -2.12. The Balaban J connectivity index is 2.23. The fourth-order valence-electron chi connectivity index (χ4n) is 1.97. The van der Waals surface area contributed by atoms with Crippen molar-refractivity contribution in [1.29, 1.82) is 0 Å². The molecule has 114 valence electrons. The minimum Gasteiger partial charge on any atom is -0.481 e. The summed E-state index contributed by atoms with van der Waals surface area (Å²) < 4.78 is 5.49. The van der Waals surface area contributed by atoms with Crippen molar-refractivity contribution in [3.05, 3.63) is 0 Å². The van der Waals surface area contributed by atoms with Crippen LogP contribution in [0.4, 0.5) is 4.79 Å². The average Bonchev–Trinajstić information content (AvgIpc) is 2.38. The zero-order chi connectivity index (χ0) is 15.0. The molecule has 0 radical (unpaired) electrons. The first kappa shape index (κ1) is 16.2. The van der Waals surface area contributed by atoms with E-state index in [1.54, 1.807) is 0 Å². The van der Waals surface area contributed by atoms with Crippen LogP contribution in [-0.2, 0) is 14.3 Å². The van der Waals surface area contributed by atoms with Gasteiger partial charge >= 0.3 is 18.0 Å². The van der Waals surface area contributed by atoms with Crippen LogP contribution in [0.3, 0.4) is 0 Å². The molecule has 1 fully saturated rings. The molecule has 0 aromatic carbocycles. The van der Waals surface area contributed by atoms with Crippen LogP contribution in [0.5, 0.6) is 0 Å². The Labute approximate surface area is 116 Å². The van der Waals surface area contributed by atoms with Gasteiger partial charge in [0.05, 0.1) is 12.5 Å². The maximum Gasteiger partial charge on any atom is 0.326 e. The fourth-order valence-corrected chi connectivity index (χ4v) is 1.97. The molecule has 1 saturated heterocycles. The third kappa shape index (κ3) is 6.37. The highest BCUT2D eigenvalue weighted by atomic mass is 16.5. The molecular weight excluding hydrogens is 268 g/mol. The summed E-state index contributed by atoms with van der Waals surface area (Å²) >= 11 is 0. The molecule has 1 aliphatic rings. The molecule has 20 heavy (non-hydrogen) atoms. The first-order chi connectivity index (χ1) is 9.49. The monoisotopic (exact) mass is 288 g/mol. The second kappa shape index (κ2) is 8.36. The van der Waals surface area contributed by atoms with E-state index in [4.69, 9.17) is 14.9 Å². The lowest BCUT2D eigenvalue weighted by Crippen LogP contribution is -2.47. The minimum atomic E-state index is -1.43. The van der Waals surface area contributed by atoms with Crippen LogP contribution in [0.15, 0.2) is 0 Å². The first-order valence-corrected chi connectivity index (χ1v) is 6.59. The van der Waals surface area contributed by atoms with Gasteiger partial charge in [0.15, 0.2) is 0 Å². The Bertz CT molecular complexity index is 354. The molecule has 0 saturated carbocycles. The van der Waals surface area contributed by atoms with Gasteiger partial charge in [0.25, 0.3) is 0 Å². The molecule has 0 aromatic heterocycles. The molecule has 8 heteroatoms. The summed E-state index contributed by atoms with van der Waals surface area (Å²) in [5, 5.41) is 21.9. The molecule has 0 bridgehead atoms. The van der Waals surface area contributed by atoms with Gasteiger partial charge in [0.1, 0.15) is 6.04 Å². The van der Waals surface area contributed by atoms with Gasteiger partial charge in [-0.15, -0.1) is 0 Å². The topological polar surface area (TPSA) is 125 Å². The third-order valence-corrected chi connectivity index (χ3v) is 3.01. The van der Waals surface area contributed by atoms with Crippen LogP contribution in [0, 0.1) is 0 Å². The molecule has 1 aliphatic heterocycles. The lowest BCUT2D eigenvalue weighted by Gasteiger charge is -2.22. The van der Waals surface area contributed by atoms with Crippen LogP contribution in [0.1, 0.15) is 32.1 Å². The number of aliphatic carboxylic acids is 2. The highest BCUT2D eigenvalue weighted by Crippen LogP contribution is 2.14. The van der Waals surface area contributed by atoms with Gasteiger partial charge in [-0.25, -0.2) is 9.59 Å². The number of ether oxygens (including phenoxy) is 1. The summed E-state index contributed by atoms with van der Waals surface area (Å²) in [4.78, 5) is 32.7. The molecule has 4 N–H and O–H groups in total. The second-order valence-electron chi connectivity index (χ2n) is 4.67. The van der Waals surface area contributed by atoms with Crippen molar-refractivity contribution < 1.29 is 29.3 Å². The maximum absolute atomic E-state index is 11.5. The number of nitrogens with one attached hydrogen (secondary N) is 2. The van der Waals surface area contributed by atoms with E-state index in [0.717, 1.165) is 25.9 Å². The average molecular weight is 288 g/mol. The predicted octanol–water partition coefficient (Wildman–Crippen LogP) is 0.173. The molecule has 2 atom stereocenters. The summed E-state index contributed by atoms with van der Waals surface area (Å²) in [5.74, 6) is -2.66. The van der Waals surface area contributed by atoms with E-state index >= 15 is 0 Å². The highest BCUT2D eigenvalue weighted by Gasteiger charge is 2.23. The van der Waals surface area contributed by atoms with Gasteiger partial charge < -0.3 is 25.6 Å². The normalized spacial score (nSPS) is 19.9. The van der Waals surface area contributed by atoms with Crippen LogP contribution in [-0.4, -0.2) is 53.5 Å². The zero-order valence-corrected chi connectivity index (χ0v) is 11.1. The van der Waals surface area contributed by atoms with Crippen molar-refractivity contribution in [3.63, 3.8) is 0 Å². The van der Waals surface area contributed by atoms with Crippen LogP contribution in [0.25, 0.3) is 0 Å². The number of carboxylic acid groups (broad SMARTS) is 2. The number of rotatable bonds is 7. The lowest BCUT2D eigenvalue weighted by atomic mass is 10.1. The highest BCUT2D eigenvalue weighted by molar-refractivity contribution is 5.86. The number of hydrogen-bond donors (Lipinski definition) is 4. The molecular formula is C12H20N2O6. The SMILES string of the molecule is O=C(O)C[C@H](NC(=O)NCCC1CCCCO1)C(=O)O. The van der Waals surface area contributed by atoms with E-state index in [0.29, 0.717) is 13.0 Å². The Morgan fingerprint density at radius 3 is 2.55 bits per heavy atom. The van der Waals surface area contributed by atoms with Crippen LogP contribution in [0.2, 0.25) is 0 Å². The second-order valence-corrected chi connectivity index (χ2v) is 4.67. The summed E-state index contributed by atoms with van der Waals surface area (Å²) in [6.45, 7) is 1.09. The van der Waals surface area contributed by atoms with Crippen molar-refractivity contribution in [1.82, 2.24) is 10.6 Å². The van der Waals surface area contributed by atoms with Gasteiger partial charge in [-0.05, 0) is 25.7 Å². The number of urea groups is 1. The quantitative estimate of drug-likeness (QED) is 0.529. The van der Waals surface area contributed by atoms with Crippen molar-refractivity contribution in [2.75, 3.05) is 13.2 Å². The first-order valence-electron chi connectivity index (χ1n) is 6.59. The van der Waals surface area contributed by atoms with Gasteiger partial charge in [0, 0.05) is 13.2 Å². The Morgan fingerprint density at radius 1 is 1.25 bits per heavy atom. The fraction of sp³-hybridized carbons (Fsp3) is 0.750. The van der Waals surface area contributed by atoms with Gasteiger partial charge in [-0.2, -0.15) is 0 Å². The molecule has 0 aliphatic carbocycles. The van der Waals surface area contributed by atoms with Crippen molar-refractivity contribution in [3.8, 4) is 0 Å². The Kier molecular flexibility index (Phi) is 6.78. The minimum absolute atomic E-state index is 0.123. The molecule has 0 spiro atoms. The summed E-state index contributed by atoms with van der Waals surface area (Å²) in [5.41, 5.74) is 0. The molecule has 2 amide bonds. The molecule has 1 unspecified atom stereocenters. The third-order valence-electron chi connectivity index (χ3n) is 3.01. The van der Waals surface area contributed by atoms with E-state index in [1.807, 2.05) is 0 Å². The summed E-state index contributed by atoms with van der Waals surface area (Å²) in [7, 11) is 0. The van der Waals surface area contributed by atoms with E-state index in [2.05, 4.69) is 10.6 Å². The Hall–Kier alpha value is -1.83. The van der Waals surface area contributed by atoms with Crippen molar-refractivity contribution in [2.45, 2.75) is 44.2 Å². The largest absolute Gasteiger partial charge is 0.481 e. The molecule has 8 nitrogen and oxygen atoms in total.